The molecular weight excluding hydrogens is 262 g/mol. The third-order valence-electron chi connectivity index (χ3n) is 4.82. The molecule has 4 nitrogen and oxygen atoms in total. The van der Waals surface area contributed by atoms with Crippen LogP contribution in [0.3, 0.4) is 0 Å². The van der Waals surface area contributed by atoms with Gasteiger partial charge in [0.2, 0.25) is 5.91 Å². The average Bonchev–Trinajstić information content (AvgIpc) is 3.30. The molecule has 0 aromatic heterocycles. The van der Waals surface area contributed by atoms with E-state index in [1.165, 1.54) is 5.56 Å². The third kappa shape index (κ3) is 3.44. The Kier molecular flexibility index (Phi) is 4.27. The molecule has 0 spiro atoms. The Morgan fingerprint density at radius 2 is 2.10 bits per heavy atom. The van der Waals surface area contributed by atoms with Gasteiger partial charge in [0.15, 0.2) is 0 Å². The van der Waals surface area contributed by atoms with E-state index in [0.717, 1.165) is 45.3 Å². The topological polar surface area (TPSA) is 58.4 Å². The second-order valence-electron chi connectivity index (χ2n) is 6.52. The predicted octanol–water partition coefficient (Wildman–Crippen LogP) is 1.51. The van der Waals surface area contributed by atoms with Gasteiger partial charge >= 0.3 is 0 Å². The normalized spacial score (nSPS) is 24.5. The Balaban J connectivity index is 1.52. The fourth-order valence-corrected chi connectivity index (χ4v) is 3.17. The molecule has 3 rings (SSSR count). The van der Waals surface area contributed by atoms with Crippen LogP contribution < -0.4 is 11.1 Å². The minimum atomic E-state index is -0.234. The molecule has 1 aromatic carbocycles. The molecule has 1 atom stereocenters. The summed E-state index contributed by atoms with van der Waals surface area (Å²) in [5, 5.41) is 3.23. The van der Waals surface area contributed by atoms with Crippen LogP contribution in [-0.4, -0.2) is 36.5 Å². The molecule has 2 fully saturated rings. The van der Waals surface area contributed by atoms with Gasteiger partial charge in [-0.25, -0.2) is 0 Å². The molecule has 1 amide bonds. The first-order chi connectivity index (χ1) is 10.2. The molecule has 4 heteroatoms. The van der Waals surface area contributed by atoms with Crippen LogP contribution in [0.2, 0.25) is 0 Å². The van der Waals surface area contributed by atoms with E-state index in [1.54, 1.807) is 0 Å². The van der Waals surface area contributed by atoms with E-state index in [2.05, 4.69) is 34.5 Å². The smallest absolute Gasteiger partial charge is 0.227 e. The summed E-state index contributed by atoms with van der Waals surface area (Å²) in [5.41, 5.74) is 6.84. The number of carbonyl (C=O) groups is 1. The maximum Gasteiger partial charge on any atom is 0.227 e. The largest absolute Gasteiger partial charge is 0.352 e. The number of piperidine rings is 1. The molecule has 21 heavy (non-hydrogen) atoms. The van der Waals surface area contributed by atoms with Crippen LogP contribution in [0.15, 0.2) is 30.3 Å². The molecule has 1 saturated heterocycles. The molecule has 1 unspecified atom stereocenters. The Morgan fingerprint density at radius 3 is 2.76 bits per heavy atom. The summed E-state index contributed by atoms with van der Waals surface area (Å²) in [7, 11) is 0. The molecule has 114 valence electrons. The van der Waals surface area contributed by atoms with Crippen molar-refractivity contribution in [2.45, 2.75) is 38.3 Å². The van der Waals surface area contributed by atoms with Crippen molar-refractivity contribution in [1.29, 1.82) is 0 Å². The summed E-state index contributed by atoms with van der Waals surface area (Å²) in [6.45, 7) is 3.51. The molecule has 0 radical (unpaired) electrons. The number of nitrogens with one attached hydrogen (secondary N) is 1. The van der Waals surface area contributed by atoms with E-state index >= 15 is 0 Å². The molecule has 1 aliphatic heterocycles. The Hall–Kier alpha value is -1.39. The first-order valence-electron chi connectivity index (χ1n) is 7.99. The zero-order chi connectivity index (χ0) is 14.7. The van der Waals surface area contributed by atoms with Gasteiger partial charge in [0, 0.05) is 25.7 Å². The Morgan fingerprint density at radius 1 is 1.33 bits per heavy atom. The lowest BCUT2D eigenvalue weighted by molar-refractivity contribution is -0.127. The number of carbonyl (C=O) groups excluding carboxylic acids is 1. The molecule has 1 aliphatic carbocycles. The van der Waals surface area contributed by atoms with Crippen molar-refractivity contribution in [2.24, 2.45) is 11.1 Å². The summed E-state index contributed by atoms with van der Waals surface area (Å²) < 4.78 is 0. The number of nitrogens with two attached hydrogens (primary N) is 1. The third-order valence-corrected chi connectivity index (χ3v) is 4.82. The van der Waals surface area contributed by atoms with Gasteiger partial charge in [-0.05, 0) is 37.8 Å². The van der Waals surface area contributed by atoms with Gasteiger partial charge in [-0.3, -0.25) is 9.69 Å². The van der Waals surface area contributed by atoms with Crippen molar-refractivity contribution in [3.05, 3.63) is 35.9 Å². The lowest BCUT2D eigenvalue weighted by atomic mass is 10.0. The first-order valence-corrected chi connectivity index (χ1v) is 7.99. The number of amides is 1. The van der Waals surface area contributed by atoms with E-state index in [9.17, 15) is 4.79 Å². The van der Waals surface area contributed by atoms with E-state index in [4.69, 9.17) is 5.73 Å². The molecule has 2 aliphatic rings. The molecular formula is C17H25N3O. The number of benzene rings is 1. The van der Waals surface area contributed by atoms with E-state index in [0.29, 0.717) is 6.54 Å². The second kappa shape index (κ2) is 6.16. The average molecular weight is 287 g/mol. The van der Waals surface area contributed by atoms with Crippen LogP contribution >= 0.6 is 0 Å². The van der Waals surface area contributed by atoms with Crippen molar-refractivity contribution in [1.82, 2.24) is 10.2 Å². The van der Waals surface area contributed by atoms with Crippen LogP contribution in [0.5, 0.6) is 0 Å². The zero-order valence-electron chi connectivity index (χ0n) is 12.6. The Bertz CT molecular complexity index is 484. The van der Waals surface area contributed by atoms with Gasteiger partial charge in [-0.1, -0.05) is 30.3 Å². The highest BCUT2D eigenvalue weighted by Gasteiger charge is 2.49. The van der Waals surface area contributed by atoms with Gasteiger partial charge in [-0.2, -0.15) is 0 Å². The van der Waals surface area contributed by atoms with Crippen LogP contribution in [0.1, 0.15) is 31.2 Å². The highest BCUT2D eigenvalue weighted by atomic mass is 16.2. The summed E-state index contributed by atoms with van der Waals surface area (Å²) in [5.74, 6) is 0.177. The minimum Gasteiger partial charge on any atom is -0.352 e. The first kappa shape index (κ1) is 14.5. The fraction of sp³-hybridized carbons (Fsp3) is 0.588. The van der Waals surface area contributed by atoms with Gasteiger partial charge in [0.25, 0.3) is 0 Å². The van der Waals surface area contributed by atoms with Crippen LogP contribution in [0.25, 0.3) is 0 Å². The fourth-order valence-electron chi connectivity index (χ4n) is 3.17. The number of rotatable bonds is 5. The van der Waals surface area contributed by atoms with Crippen molar-refractivity contribution in [3.63, 3.8) is 0 Å². The SMILES string of the molecule is NCC1(C(=O)NC2CCCN(Cc3ccccc3)C2)CC1. The number of nitrogens with zero attached hydrogens (tertiary/aromatic N) is 1. The number of hydrogen-bond acceptors (Lipinski definition) is 3. The lowest BCUT2D eigenvalue weighted by Gasteiger charge is -2.34. The summed E-state index contributed by atoms with van der Waals surface area (Å²) in [4.78, 5) is 14.7. The maximum atomic E-state index is 12.3. The summed E-state index contributed by atoms with van der Waals surface area (Å²) in [6.07, 6.45) is 4.14. The van der Waals surface area contributed by atoms with Gasteiger partial charge in [-0.15, -0.1) is 0 Å². The highest BCUT2D eigenvalue weighted by molar-refractivity contribution is 5.85. The zero-order valence-corrected chi connectivity index (χ0v) is 12.6. The van der Waals surface area contributed by atoms with Crippen molar-refractivity contribution >= 4 is 5.91 Å². The van der Waals surface area contributed by atoms with E-state index in [-0.39, 0.29) is 17.4 Å². The van der Waals surface area contributed by atoms with Crippen molar-refractivity contribution in [2.75, 3.05) is 19.6 Å². The van der Waals surface area contributed by atoms with Gasteiger partial charge in [0.05, 0.1) is 5.41 Å². The summed E-state index contributed by atoms with van der Waals surface area (Å²) in [6, 6.07) is 10.8. The quantitative estimate of drug-likeness (QED) is 0.863. The van der Waals surface area contributed by atoms with E-state index < -0.39 is 0 Å². The second-order valence-corrected chi connectivity index (χ2v) is 6.52. The monoisotopic (exact) mass is 287 g/mol. The van der Waals surface area contributed by atoms with Crippen LogP contribution in [0.4, 0.5) is 0 Å². The van der Waals surface area contributed by atoms with Crippen molar-refractivity contribution < 1.29 is 4.79 Å². The van der Waals surface area contributed by atoms with Gasteiger partial charge in [0.1, 0.15) is 0 Å². The van der Waals surface area contributed by atoms with Gasteiger partial charge < -0.3 is 11.1 Å². The molecule has 1 aromatic rings. The molecule has 1 saturated carbocycles. The molecule has 1 heterocycles. The lowest BCUT2D eigenvalue weighted by Crippen LogP contribution is -2.50. The van der Waals surface area contributed by atoms with E-state index in [1.807, 2.05) is 6.07 Å². The van der Waals surface area contributed by atoms with Crippen LogP contribution in [0, 0.1) is 5.41 Å². The molecule has 0 bridgehead atoms. The number of likely N-dealkylation sites (tertiary alicyclic amines) is 1. The number of hydrogen-bond donors (Lipinski definition) is 2. The molecule has 3 N–H and O–H groups in total. The maximum absolute atomic E-state index is 12.3. The van der Waals surface area contributed by atoms with Crippen LogP contribution in [-0.2, 0) is 11.3 Å². The standard InChI is InChI=1S/C17H25N3O/c18-13-17(8-9-17)16(21)19-15-7-4-10-20(12-15)11-14-5-2-1-3-6-14/h1-3,5-6,15H,4,7-13,18H2,(H,19,21). The predicted molar refractivity (Wildman–Crippen MR) is 83.6 cm³/mol. The highest BCUT2D eigenvalue weighted by Crippen LogP contribution is 2.44. The van der Waals surface area contributed by atoms with Crippen molar-refractivity contribution in [3.8, 4) is 0 Å². The minimum absolute atomic E-state index is 0.177. The Labute approximate surface area is 126 Å². The summed E-state index contributed by atoms with van der Waals surface area (Å²) >= 11 is 0.